The van der Waals surface area contributed by atoms with Gasteiger partial charge in [0.2, 0.25) is 5.91 Å². The zero-order valence-electron chi connectivity index (χ0n) is 12.3. The molecule has 0 saturated carbocycles. The maximum atomic E-state index is 12.3. The van der Waals surface area contributed by atoms with E-state index in [1.54, 1.807) is 36.2 Å². The maximum Gasteiger partial charge on any atom is 0.254 e. The molecule has 1 N–H and O–H groups in total. The van der Waals surface area contributed by atoms with Gasteiger partial charge in [-0.3, -0.25) is 9.59 Å². The molecule has 0 aliphatic carbocycles. The Morgan fingerprint density at radius 1 is 1.14 bits per heavy atom. The summed E-state index contributed by atoms with van der Waals surface area (Å²) in [5.74, 6) is 1.33. The molecular formula is C16H18N2O3. The van der Waals surface area contributed by atoms with Crippen molar-refractivity contribution >= 4 is 17.5 Å². The molecule has 0 atom stereocenters. The highest BCUT2D eigenvalue weighted by Crippen LogP contribution is 2.14. The Hall–Kier alpha value is -2.56. The van der Waals surface area contributed by atoms with E-state index in [4.69, 9.17) is 4.42 Å². The van der Waals surface area contributed by atoms with Crippen molar-refractivity contribution in [2.45, 2.75) is 20.4 Å². The van der Waals surface area contributed by atoms with E-state index < -0.39 is 0 Å². The molecule has 0 spiro atoms. The van der Waals surface area contributed by atoms with Crippen molar-refractivity contribution in [3.05, 3.63) is 53.5 Å². The summed E-state index contributed by atoms with van der Waals surface area (Å²) in [6, 6.07) is 10.5. The smallest absolute Gasteiger partial charge is 0.254 e. The molecule has 0 bridgehead atoms. The fourth-order valence-corrected chi connectivity index (χ4v) is 2.00. The monoisotopic (exact) mass is 286 g/mol. The first kappa shape index (κ1) is 14.8. The maximum absolute atomic E-state index is 12.3. The number of amides is 2. The van der Waals surface area contributed by atoms with E-state index in [0.717, 1.165) is 11.5 Å². The Morgan fingerprint density at radius 2 is 1.81 bits per heavy atom. The van der Waals surface area contributed by atoms with Gasteiger partial charge in [-0.2, -0.15) is 0 Å². The van der Waals surface area contributed by atoms with Crippen LogP contribution in [-0.2, 0) is 11.3 Å². The summed E-state index contributed by atoms with van der Waals surface area (Å²) < 4.78 is 5.46. The fraction of sp³-hybridized carbons (Fsp3) is 0.250. The van der Waals surface area contributed by atoms with E-state index in [9.17, 15) is 9.59 Å². The highest BCUT2D eigenvalue weighted by atomic mass is 16.3. The average molecular weight is 286 g/mol. The van der Waals surface area contributed by atoms with Gasteiger partial charge in [0, 0.05) is 25.2 Å². The lowest BCUT2D eigenvalue weighted by molar-refractivity contribution is -0.114. The summed E-state index contributed by atoms with van der Waals surface area (Å²) in [4.78, 5) is 24.8. The number of anilines is 1. The minimum absolute atomic E-state index is 0.0987. The van der Waals surface area contributed by atoms with Crippen LogP contribution in [0, 0.1) is 6.92 Å². The van der Waals surface area contributed by atoms with Crippen LogP contribution >= 0.6 is 0 Å². The standard InChI is InChI=1S/C16H18N2O3/c1-11-4-9-15(21-11)10-18(3)16(20)13-5-7-14(8-6-13)17-12(2)19/h4-9H,10H2,1-3H3,(H,17,19). The van der Waals surface area contributed by atoms with E-state index >= 15 is 0 Å². The van der Waals surface area contributed by atoms with Crippen molar-refractivity contribution in [3.8, 4) is 0 Å². The molecule has 0 radical (unpaired) electrons. The second-order valence-electron chi connectivity index (χ2n) is 4.93. The molecule has 110 valence electrons. The second-order valence-corrected chi connectivity index (χ2v) is 4.93. The molecular weight excluding hydrogens is 268 g/mol. The largest absolute Gasteiger partial charge is 0.464 e. The van der Waals surface area contributed by atoms with Crippen molar-refractivity contribution in [3.63, 3.8) is 0 Å². The molecule has 5 heteroatoms. The Labute approximate surface area is 123 Å². The Bertz CT molecular complexity index is 644. The van der Waals surface area contributed by atoms with Crippen LogP contribution in [0.3, 0.4) is 0 Å². The van der Waals surface area contributed by atoms with Gasteiger partial charge in [0.15, 0.2) is 0 Å². The Balaban J connectivity index is 2.03. The zero-order valence-corrected chi connectivity index (χ0v) is 12.3. The molecule has 0 saturated heterocycles. The van der Waals surface area contributed by atoms with Gasteiger partial charge < -0.3 is 14.6 Å². The number of furan rings is 1. The first-order chi connectivity index (χ1) is 9.95. The molecule has 1 heterocycles. The van der Waals surface area contributed by atoms with Crippen LogP contribution in [0.25, 0.3) is 0 Å². The van der Waals surface area contributed by atoms with Gasteiger partial charge in [0.1, 0.15) is 11.5 Å². The van der Waals surface area contributed by atoms with Crippen LogP contribution in [0.2, 0.25) is 0 Å². The van der Waals surface area contributed by atoms with Gasteiger partial charge in [-0.15, -0.1) is 0 Å². The summed E-state index contributed by atoms with van der Waals surface area (Å²) in [6.07, 6.45) is 0. The second kappa shape index (κ2) is 6.26. The van der Waals surface area contributed by atoms with Crippen LogP contribution in [-0.4, -0.2) is 23.8 Å². The third kappa shape index (κ3) is 3.95. The zero-order chi connectivity index (χ0) is 15.4. The van der Waals surface area contributed by atoms with Crippen LogP contribution in [0.15, 0.2) is 40.8 Å². The van der Waals surface area contributed by atoms with Crippen molar-refractivity contribution in [2.75, 3.05) is 12.4 Å². The minimum Gasteiger partial charge on any atom is -0.464 e. The summed E-state index contributed by atoms with van der Waals surface area (Å²) in [6.45, 7) is 3.73. The first-order valence-corrected chi connectivity index (χ1v) is 6.64. The molecule has 0 aliphatic heterocycles. The van der Waals surface area contributed by atoms with Crippen molar-refractivity contribution < 1.29 is 14.0 Å². The molecule has 5 nitrogen and oxygen atoms in total. The molecule has 21 heavy (non-hydrogen) atoms. The number of hydrogen-bond acceptors (Lipinski definition) is 3. The van der Waals surface area contributed by atoms with Crippen LogP contribution in [0.4, 0.5) is 5.69 Å². The lowest BCUT2D eigenvalue weighted by Gasteiger charge is -2.16. The third-order valence-electron chi connectivity index (χ3n) is 2.99. The molecule has 2 amide bonds. The Kier molecular flexibility index (Phi) is 4.42. The molecule has 2 aromatic rings. The normalized spacial score (nSPS) is 10.2. The topological polar surface area (TPSA) is 62.6 Å². The Morgan fingerprint density at radius 3 is 2.33 bits per heavy atom. The number of nitrogens with one attached hydrogen (secondary N) is 1. The molecule has 2 rings (SSSR count). The van der Waals surface area contributed by atoms with E-state index in [-0.39, 0.29) is 11.8 Å². The summed E-state index contributed by atoms with van der Waals surface area (Å²) in [5, 5.41) is 2.66. The first-order valence-electron chi connectivity index (χ1n) is 6.64. The summed E-state index contributed by atoms with van der Waals surface area (Å²) in [7, 11) is 1.72. The van der Waals surface area contributed by atoms with Crippen LogP contribution in [0.1, 0.15) is 28.8 Å². The minimum atomic E-state index is -0.139. The van der Waals surface area contributed by atoms with Crippen molar-refractivity contribution in [2.24, 2.45) is 0 Å². The predicted octanol–water partition coefficient (Wildman–Crippen LogP) is 2.82. The number of nitrogens with zero attached hydrogens (tertiary/aromatic N) is 1. The van der Waals surface area contributed by atoms with E-state index in [0.29, 0.717) is 17.8 Å². The number of hydrogen-bond donors (Lipinski definition) is 1. The van der Waals surface area contributed by atoms with Crippen LogP contribution < -0.4 is 5.32 Å². The van der Waals surface area contributed by atoms with Crippen LogP contribution in [0.5, 0.6) is 0 Å². The third-order valence-corrected chi connectivity index (χ3v) is 2.99. The highest BCUT2D eigenvalue weighted by molar-refractivity contribution is 5.95. The lowest BCUT2D eigenvalue weighted by Crippen LogP contribution is -2.25. The van der Waals surface area contributed by atoms with E-state index in [1.165, 1.54) is 6.92 Å². The lowest BCUT2D eigenvalue weighted by atomic mass is 10.2. The predicted molar refractivity (Wildman–Crippen MR) is 80.0 cm³/mol. The molecule has 1 aromatic carbocycles. The van der Waals surface area contributed by atoms with E-state index in [2.05, 4.69) is 5.32 Å². The van der Waals surface area contributed by atoms with Crippen molar-refractivity contribution in [1.29, 1.82) is 0 Å². The number of aryl methyl sites for hydroxylation is 1. The van der Waals surface area contributed by atoms with Gasteiger partial charge in [0.25, 0.3) is 5.91 Å². The molecule has 0 unspecified atom stereocenters. The van der Waals surface area contributed by atoms with Gasteiger partial charge in [0.05, 0.1) is 6.54 Å². The van der Waals surface area contributed by atoms with E-state index in [1.807, 2.05) is 19.1 Å². The van der Waals surface area contributed by atoms with Gasteiger partial charge >= 0.3 is 0 Å². The number of rotatable bonds is 4. The SMILES string of the molecule is CC(=O)Nc1ccc(C(=O)N(C)Cc2ccc(C)o2)cc1. The van der Waals surface area contributed by atoms with Gasteiger partial charge in [-0.1, -0.05) is 0 Å². The quantitative estimate of drug-likeness (QED) is 0.940. The van der Waals surface area contributed by atoms with Crippen molar-refractivity contribution in [1.82, 2.24) is 4.90 Å². The fourth-order valence-electron chi connectivity index (χ4n) is 2.00. The van der Waals surface area contributed by atoms with Gasteiger partial charge in [-0.25, -0.2) is 0 Å². The van der Waals surface area contributed by atoms with Gasteiger partial charge in [-0.05, 0) is 43.3 Å². The summed E-state index contributed by atoms with van der Waals surface area (Å²) in [5.41, 5.74) is 1.23. The molecule has 1 aromatic heterocycles. The average Bonchev–Trinajstić information content (AvgIpc) is 2.83. The number of carbonyl (C=O) groups is 2. The molecule has 0 fully saturated rings. The number of carbonyl (C=O) groups excluding carboxylic acids is 2. The molecule has 0 aliphatic rings. The highest BCUT2D eigenvalue weighted by Gasteiger charge is 2.13. The summed E-state index contributed by atoms with van der Waals surface area (Å²) >= 11 is 0. The number of benzene rings is 1.